The van der Waals surface area contributed by atoms with E-state index in [-0.39, 0.29) is 12.0 Å². The van der Waals surface area contributed by atoms with Crippen LogP contribution in [0.3, 0.4) is 0 Å². The van der Waals surface area contributed by atoms with Crippen LogP contribution in [-0.2, 0) is 15.0 Å². The molecule has 0 saturated carbocycles. The van der Waals surface area contributed by atoms with Crippen molar-refractivity contribution in [3.63, 3.8) is 0 Å². The fourth-order valence-electron chi connectivity index (χ4n) is 1.72. The van der Waals surface area contributed by atoms with E-state index in [9.17, 15) is 9.59 Å². The molecule has 0 aliphatic heterocycles. The Morgan fingerprint density at radius 3 is 2.19 bits per heavy atom. The summed E-state index contributed by atoms with van der Waals surface area (Å²) < 4.78 is 0. The van der Waals surface area contributed by atoms with Crippen LogP contribution in [0.2, 0.25) is 0 Å². The number of hydrogen-bond acceptors (Lipinski definition) is 3. The standard InChI is InChI=1S/C16H24N2O3/c1-11(19)9-10-17-14(20)15(21)18-13-7-5-12(6-8-13)16(2,3)4/h5-8,11,19H,9-10H2,1-4H3,(H,17,20)(H,18,21). The number of carbonyl (C=O) groups excluding carboxylic acids is 2. The Bertz CT molecular complexity index is 487. The zero-order valence-corrected chi connectivity index (χ0v) is 13.1. The van der Waals surface area contributed by atoms with Crippen molar-refractivity contribution in [2.24, 2.45) is 0 Å². The number of carbonyl (C=O) groups is 2. The van der Waals surface area contributed by atoms with E-state index in [0.717, 1.165) is 5.56 Å². The van der Waals surface area contributed by atoms with E-state index in [0.29, 0.717) is 12.1 Å². The molecule has 0 radical (unpaired) electrons. The summed E-state index contributed by atoms with van der Waals surface area (Å²) in [7, 11) is 0. The number of amides is 2. The maximum Gasteiger partial charge on any atom is 0.313 e. The SMILES string of the molecule is CC(O)CCNC(=O)C(=O)Nc1ccc(C(C)(C)C)cc1. The van der Waals surface area contributed by atoms with Crippen molar-refractivity contribution in [2.45, 2.75) is 45.6 Å². The van der Waals surface area contributed by atoms with Gasteiger partial charge in [-0.1, -0.05) is 32.9 Å². The van der Waals surface area contributed by atoms with Gasteiger partial charge in [-0.25, -0.2) is 0 Å². The predicted octanol–water partition coefficient (Wildman–Crippen LogP) is 1.81. The van der Waals surface area contributed by atoms with Gasteiger partial charge >= 0.3 is 11.8 Å². The van der Waals surface area contributed by atoms with Gasteiger partial charge in [0.25, 0.3) is 0 Å². The molecule has 0 aliphatic rings. The van der Waals surface area contributed by atoms with Gasteiger partial charge in [0, 0.05) is 12.2 Å². The first-order chi connectivity index (χ1) is 9.70. The minimum atomic E-state index is -0.705. The van der Waals surface area contributed by atoms with Crippen LogP contribution in [0.5, 0.6) is 0 Å². The highest BCUT2D eigenvalue weighted by Crippen LogP contribution is 2.23. The van der Waals surface area contributed by atoms with Gasteiger partial charge < -0.3 is 15.7 Å². The van der Waals surface area contributed by atoms with E-state index in [4.69, 9.17) is 5.11 Å². The molecule has 0 heterocycles. The van der Waals surface area contributed by atoms with Crippen LogP contribution < -0.4 is 10.6 Å². The number of aliphatic hydroxyl groups excluding tert-OH is 1. The zero-order chi connectivity index (χ0) is 16.0. The van der Waals surface area contributed by atoms with Gasteiger partial charge in [-0.15, -0.1) is 0 Å². The summed E-state index contributed by atoms with van der Waals surface area (Å²) in [4.78, 5) is 23.2. The van der Waals surface area contributed by atoms with Crippen molar-refractivity contribution in [2.75, 3.05) is 11.9 Å². The minimum Gasteiger partial charge on any atom is -0.393 e. The predicted molar refractivity (Wildman–Crippen MR) is 83.1 cm³/mol. The first-order valence-electron chi connectivity index (χ1n) is 7.08. The molecule has 5 nitrogen and oxygen atoms in total. The second kappa shape index (κ2) is 7.22. The highest BCUT2D eigenvalue weighted by Gasteiger charge is 2.15. The van der Waals surface area contributed by atoms with E-state index >= 15 is 0 Å². The fraction of sp³-hybridized carbons (Fsp3) is 0.500. The summed E-state index contributed by atoms with van der Waals surface area (Å²) in [5.74, 6) is -1.40. The number of aliphatic hydroxyl groups is 1. The molecule has 1 unspecified atom stereocenters. The lowest BCUT2D eigenvalue weighted by atomic mass is 9.87. The smallest absolute Gasteiger partial charge is 0.313 e. The van der Waals surface area contributed by atoms with Crippen LogP contribution in [0.25, 0.3) is 0 Å². The van der Waals surface area contributed by atoms with Gasteiger partial charge in [-0.2, -0.15) is 0 Å². The lowest BCUT2D eigenvalue weighted by molar-refractivity contribution is -0.136. The third-order valence-electron chi connectivity index (χ3n) is 3.06. The van der Waals surface area contributed by atoms with Crippen LogP contribution in [0, 0.1) is 0 Å². The van der Waals surface area contributed by atoms with E-state index < -0.39 is 17.9 Å². The largest absolute Gasteiger partial charge is 0.393 e. The molecule has 21 heavy (non-hydrogen) atoms. The Labute approximate surface area is 125 Å². The highest BCUT2D eigenvalue weighted by atomic mass is 16.3. The molecule has 1 aromatic rings. The van der Waals surface area contributed by atoms with Crippen LogP contribution in [0.1, 0.15) is 39.7 Å². The quantitative estimate of drug-likeness (QED) is 0.741. The van der Waals surface area contributed by atoms with E-state index in [2.05, 4.69) is 31.4 Å². The first-order valence-corrected chi connectivity index (χ1v) is 7.08. The average Bonchev–Trinajstić information content (AvgIpc) is 2.37. The third kappa shape index (κ3) is 5.95. The first kappa shape index (κ1) is 17.2. The molecule has 0 aromatic heterocycles. The summed E-state index contributed by atoms with van der Waals surface area (Å²) in [6, 6.07) is 7.42. The lowest BCUT2D eigenvalue weighted by Gasteiger charge is -2.19. The molecular weight excluding hydrogens is 268 g/mol. The van der Waals surface area contributed by atoms with Gasteiger partial charge in [0.05, 0.1) is 6.10 Å². The monoisotopic (exact) mass is 292 g/mol. The van der Waals surface area contributed by atoms with Crippen LogP contribution >= 0.6 is 0 Å². The second-order valence-electron chi connectivity index (χ2n) is 6.18. The fourth-order valence-corrected chi connectivity index (χ4v) is 1.72. The second-order valence-corrected chi connectivity index (χ2v) is 6.18. The molecule has 0 spiro atoms. The zero-order valence-electron chi connectivity index (χ0n) is 13.1. The maximum absolute atomic E-state index is 11.7. The number of nitrogens with one attached hydrogen (secondary N) is 2. The number of hydrogen-bond donors (Lipinski definition) is 3. The molecule has 0 saturated heterocycles. The average molecular weight is 292 g/mol. The molecule has 1 aromatic carbocycles. The normalized spacial score (nSPS) is 12.6. The van der Waals surface area contributed by atoms with Gasteiger partial charge in [0.15, 0.2) is 0 Å². The van der Waals surface area contributed by atoms with E-state index in [1.54, 1.807) is 19.1 Å². The summed E-state index contributed by atoms with van der Waals surface area (Å²) in [6.07, 6.45) is -0.0856. The van der Waals surface area contributed by atoms with E-state index in [1.165, 1.54) is 0 Å². The Kier molecular flexibility index (Phi) is 5.90. The molecule has 2 amide bonds. The van der Waals surface area contributed by atoms with Gasteiger partial charge in [-0.3, -0.25) is 9.59 Å². The highest BCUT2D eigenvalue weighted by molar-refractivity contribution is 6.39. The number of rotatable bonds is 4. The van der Waals surface area contributed by atoms with Crippen LogP contribution in [-0.4, -0.2) is 29.6 Å². The Morgan fingerprint density at radius 2 is 1.71 bits per heavy atom. The molecule has 0 aliphatic carbocycles. The van der Waals surface area contributed by atoms with Gasteiger partial charge in [0.2, 0.25) is 0 Å². The maximum atomic E-state index is 11.7. The summed E-state index contributed by atoms with van der Waals surface area (Å²) >= 11 is 0. The molecule has 5 heteroatoms. The van der Waals surface area contributed by atoms with Crippen molar-refractivity contribution in [3.05, 3.63) is 29.8 Å². The molecule has 1 atom stereocenters. The third-order valence-corrected chi connectivity index (χ3v) is 3.06. The Morgan fingerprint density at radius 1 is 1.14 bits per heavy atom. The molecule has 0 fully saturated rings. The molecular formula is C16H24N2O3. The van der Waals surface area contributed by atoms with Crippen LogP contribution in [0.4, 0.5) is 5.69 Å². The minimum absolute atomic E-state index is 0.0426. The number of anilines is 1. The topological polar surface area (TPSA) is 78.4 Å². The van der Waals surface area contributed by atoms with Crippen molar-refractivity contribution >= 4 is 17.5 Å². The Hall–Kier alpha value is -1.88. The molecule has 1 rings (SSSR count). The van der Waals surface area contributed by atoms with E-state index in [1.807, 2.05) is 12.1 Å². The Balaban J connectivity index is 2.53. The summed E-state index contributed by atoms with van der Waals surface area (Å²) in [6.45, 7) is 8.22. The summed E-state index contributed by atoms with van der Waals surface area (Å²) in [5, 5.41) is 14.1. The number of benzene rings is 1. The van der Waals surface area contributed by atoms with Gasteiger partial charge in [-0.05, 0) is 36.5 Å². The molecule has 116 valence electrons. The van der Waals surface area contributed by atoms with Crippen molar-refractivity contribution in [1.82, 2.24) is 5.32 Å². The summed E-state index contributed by atoms with van der Waals surface area (Å²) in [5.41, 5.74) is 1.78. The molecule has 3 N–H and O–H groups in total. The van der Waals surface area contributed by atoms with Gasteiger partial charge in [0.1, 0.15) is 0 Å². The van der Waals surface area contributed by atoms with Crippen molar-refractivity contribution in [1.29, 1.82) is 0 Å². The van der Waals surface area contributed by atoms with Crippen molar-refractivity contribution in [3.8, 4) is 0 Å². The lowest BCUT2D eigenvalue weighted by Crippen LogP contribution is -2.36. The molecule has 0 bridgehead atoms. The van der Waals surface area contributed by atoms with Crippen molar-refractivity contribution < 1.29 is 14.7 Å². The van der Waals surface area contributed by atoms with Crippen LogP contribution in [0.15, 0.2) is 24.3 Å².